The topological polar surface area (TPSA) is 65.4 Å². The molecule has 5 heteroatoms. The molecule has 1 N–H and O–H groups in total. The van der Waals surface area contributed by atoms with Crippen LogP contribution in [-0.4, -0.2) is 15.0 Å². The van der Waals surface area contributed by atoms with Gasteiger partial charge in [0.25, 0.3) is 0 Å². The lowest BCUT2D eigenvalue weighted by Gasteiger charge is -1.97. The maximum Gasteiger partial charge on any atom is 0.173 e. The van der Waals surface area contributed by atoms with Gasteiger partial charge in [0.15, 0.2) is 11.5 Å². The van der Waals surface area contributed by atoms with Crippen molar-refractivity contribution in [1.82, 2.24) is 15.0 Å². The molecule has 0 aromatic carbocycles. The van der Waals surface area contributed by atoms with Crippen molar-refractivity contribution in [3.63, 3.8) is 0 Å². The first kappa shape index (κ1) is 10.8. The number of aryl methyl sites for hydroxylation is 1. The number of nitriles is 1. The Kier molecular flexibility index (Phi) is 3.02. The van der Waals surface area contributed by atoms with E-state index in [2.05, 4.69) is 37.8 Å². The van der Waals surface area contributed by atoms with Crippen molar-refractivity contribution in [2.24, 2.45) is 0 Å². The number of rotatable bonds is 2. The number of aromatic amines is 1. The van der Waals surface area contributed by atoms with Crippen LogP contribution in [0.5, 0.6) is 0 Å². The first-order valence-corrected chi connectivity index (χ1v) is 5.64. The van der Waals surface area contributed by atoms with Crippen LogP contribution < -0.4 is 0 Å². The zero-order valence-electron chi connectivity index (χ0n) is 8.66. The first-order chi connectivity index (χ1) is 7.74. The summed E-state index contributed by atoms with van der Waals surface area (Å²) in [5.74, 6) is 0.603. The Morgan fingerprint density at radius 1 is 1.50 bits per heavy atom. The molecule has 0 aliphatic carbocycles. The Morgan fingerprint density at radius 2 is 2.31 bits per heavy atom. The summed E-state index contributed by atoms with van der Waals surface area (Å²) in [6, 6.07) is 5.89. The van der Waals surface area contributed by atoms with Gasteiger partial charge in [0, 0.05) is 6.20 Å². The van der Waals surface area contributed by atoms with E-state index in [1.807, 2.05) is 24.4 Å². The zero-order valence-corrected chi connectivity index (χ0v) is 10.2. The quantitative estimate of drug-likeness (QED) is 0.917. The Morgan fingerprint density at radius 3 is 2.81 bits per heavy atom. The van der Waals surface area contributed by atoms with Gasteiger partial charge in [0.05, 0.1) is 0 Å². The van der Waals surface area contributed by atoms with Crippen LogP contribution in [0.15, 0.2) is 22.9 Å². The molecule has 2 rings (SSSR count). The number of hydrogen-bond acceptors (Lipinski definition) is 3. The highest BCUT2D eigenvalue weighted by Gasteiger charge is 2.09. The van der Waals surface area contributed by atoms with Crippen molar-refractivity contribution in [3.05, 3.63) is 34.2 Å². The van der Waals surface area contributed by atoms with Gasteiger partial charge < -0.3 is 4.98 Å². The van der Waals surface area contributed by atoms with E-state index < -0.39 is 0 Å². The van der Waals surface area contributed by atoms with Crippen LogP contribution in [0.1, 0.15) is 18.2 Å². The smallest absolute Gasteiger partial charge is 0.173 e. The fraction of sp³-hybridized carbons (Fsp3) is 0.182. The molecule has 2 aromatic heterocycles. The SMILES string of the molecule is CCc1ccc(-c2nc(C#N)c(Br)[nH]2)nc1. The molecule has 0 aliphatic rings. The molecule has 0 aliphatic heterocycles. The van der Waals surface area contributed by atoms with Crippen LogP contribution in [0.3, 0.4) is 0 Å². The Hall–Kier alpha value is -1.67. The molecule has 0 spiro atoms. The second kappa shape index (κ2) is 4.45. The third-order valence-corrected chi connectivity index (χ3v) is 2.81. The lowest BCUT2D eigenvalue weighted by atomic mass is 10.2. The summed E-state index contributed by atoms with van der Waals surface area (Å²) in [4.78, 5) is 11.4. The van der Waals surface area contributed by atoms with E-state index in [0.29, 0.717) is 16.1 Å². The normalized spacial score (nSPS) is 10.1. The average molecular weight is 277 g/mol. The molecule has 0 saturated carbocycles. The van der Waals surface area contributed by atoms with Gasteiger partial charge in [-0.1, -0.05) is 13.0 Å². The molecule has 0 amide bonds. The number of nitrogens with one attached hydrogen (secondary N) is 1. The molecule has 80 valence electrons. The van der Waals surface area contributed by atoms with Crippen molar-refractivity contribution in [2.75, 3.05) is 0 Å². The van der Waals surface area contributed by atoms with Gasteiger partial charge in [-0.2, -0.15) is 5.26 Å². The molecular formula is C11H9BrN4. The number of hydrogen-bond donors (Lipinski definition) is 1. The van der Waals surface area contributed by atoms with Crippen LogP contribution in [0.2, 0.25) is 0 Å². The van der Waals surface area contributed by atoms with Gasteiger partial charge in [-0.25, -0.2) is 4.98 Å². The first-order valence-electron chi connectivity index (χ1n) is 4.85. The summed E-state index contributed by atoms with van der Waals surface area (Å²) >= 11 is 3.23. The van der Waals surface area contributed by atoms with Crippen molar-refractivity contribution >= 4 is 15.9 Å². The number of aromatic nitrogens is 3. The van der Waals surface area contributed by atoms with Crippen molar-refractivity contribution in [3.8, 4) is 17.6 Å². The van der Waals surface area contributed by atoms with Crippen LogP contribution in [0.25, 0.3) is 11.5 Å². The molecular weight excluding hydrogens is 268 g/mol. The van der Waals surface area contributed by atoms with Gasteiger partial charge in [-0.15, -0.1) is 0 Å². The van der Waals surface area contributed by atoms with E-state index in [-0.39, 0.29) is 0 Å². The van der Waals surface area contributed by atoms with Gasteiger partial charge in [-0.3, -0.25) is 4.98 Å². The van der Waals surface area contributed by atoms with E-state index in [4.69, 9.17) is 5.26 Å². The molecule has 16 heavy (non-hydrogen) atoms. The van der Waals surface area contributed by atoms with Crippen molar-refractivity contribution < 1.29 is 0 Å². The van der Waals surface area contributed by atoms with E-state index >= 15 is 0 Å². The minimum atomic E-state index is 0.344. The third-order valence-electron chi connectivity index (χ3n) is 2.24. The molecule has 2 heterocycles. The summed E-state index contributed by atoms with van der Waals surface area (Å²) < 4.78 is 0.589. The summed E-state index contributed by atoms with van der Waals surface area (Å²) in [5.41, 5.74) is 2.26. The van der Waals surface area contributed by atoms with Crippen LogP contribution in [0, 0.1) is 11.3 Å². The highest BCUT2D eigenvalue weighted by Crippen LogP contribution is 2.19. The van der Waals surface area contributed by atoms with E-state index in [0.717, 1.165) is 12.1 Å². The molecule has 0 fully saturated rings. The highest BCUT2D eigenvalue weighted by molar-refractivity contribution is 9.10. The maximum absolute atomic E-state index is 8.78. The third kappa shape index (κ3) is 1.97. The predicted octanol–water partition coefficient (Wildman–Crippen LogP) is 2.67. The molecule has 0 unspecified atom stereocenters. The van der Waals surface area contributed by atoms with Crippen LogP contribution in [-0.2, 0) is 6.42 Å². The summed E-state index contributed by atoms with van der Waals surface area (Å²) in [6.45, 7) is 2.08. The number of pyridine rings is 1. The van der Waals surface area contributed by atoms with Gasteiger partial charge >= 0.3 is 0 Å². The molecule has 0 saturated heterocycles. The monoisotopic (exact) mass is 276 g/mol. The zero-order chi connectivity index (χ0) is 11.5. The summed E-state index contributed by atoms with van der Waals surface area (Å²) in [6.07, 6.45) is 2.77. The number of halogens is 1. The van der Waals surface area contributed by atoms with Gasteiger partial charge in [0.1, 0.15) is 16.4 Å². The lowest BCUT2D eigenvalue weighted by molar-refractivity contribution is 1.10. The Bertz CT molecular complexity index is 536. The van der Waals surface area contributed by atoms with Gasteiger partial charge in [0.2, 0.25) is 0 Å². The fourth-order valence-corrected chi connectivity index (χ4v) is 1.69. The largest absolute Gasteiger partial charge is 0.330 e. The molecule has 2 aromatic rings. The van der Waals surface area contributed by atoms with Crippen molar-refractivity contribution in [1.29, 1.82) is 5.26 Å². The Balaban J connectivity index is 2.39. The summed E-state index contributed by atoms with van der Waals surface area (Å²) in [7, 11) is 0. The number of imidazole rings is 1. The van der Waals surface area contributed by atoms with Crippen molar-refractivity contribution in [2.45, 2.75) is 13.3 Å². The van der Waals surface area contributed by atoms with Gasteiger partial charge in [-0.05, 0) is 34.0 Å². The molecule has 0 radical (unpaired) electrons. The second-order valence-corrected chi connectivity index (χ2v) is 4.06. The van der Waals surface area contributed by atoms with Crippen LogP contribution in [0.4, 0.5) is 0 Å². The minimum Gasteiger partial charge on any atom is -0.330 e. The number of H-pyrrole nitrogens is 1. The standard InChI is InChI=1S/C11H9BrN4/c1-2-7-3-4-8(14-6-7)11-15-9(5-13)10(12)16-11/h3-4,6H,2H2,1H3,(H,15,16). The second-order valence-electron chi connectivity index (χ2n) is 3.27. The van der Waals surface area contributed by atoms with E-state index in [1.165, 1.54) is 5.56 Å². The molecule has 4 nitrogen and oxygen atoms in total. The molecule has 0 bridgehead atoms. The Labute approximate surface area is 101 Å². The average Bonchev–Trinajstić information content (AvgIpc) is 2.71. The number of nitrogens with zero attached hydrogens (tertiary/aromatic N) is 3. The maximum atomic E-state index is 8.78. The summed E-state index contributed by atoms with van der Waals surface area (Å²) in [5, 5.41) is 8.78. The lowest BCUT2D eigenvalue weighted by Crippen LogP contribution is -1.88. The minimum absolute atomic E-state index is 0.344. The molecule has 0 atom stereocenters. The highest BCUT2D eigenvalue weighted by atomic mass is 79.9. The fourth-order valence-electron chi connectivity index (χ4n) is 1.32. The predicted molar refractivity (Wildman–Crippen MR) is 63.6 cm³/mol. The van der Waals surface area contributed by atoms with Crippen LogP contribution >= 0.6 is 15.9 Å². The van der Waals surface area contributed by atoms with E-state index in [9.17, 15) is 0 Å². The van der Waals surface area contributed by atoms with E-state index in [1.54, 1.807) is 0 Å².